The topological polar surface area (TPSA) is 114 Å². The molecule has 2 heterocycles. The van der Waals surface area contributed by atoms with Gasteiger partial charge in [-0.1, -0.05) is 0 Å². The molecule has 0 aliphatic carbocycles. The number of imidazole rings is 1. The molecule has 3 rings (SSSR count). The van der Waals surface area contributed by atoms with Crippen LogP contribution >= 0.6 is 0 Å². The predicted molar refractivity (Wildman–Crippen MR) is 105 cm³/mol. The number of nitrogens with one attached hydrogen (secondary N) is 1. The summed E-state index contributed by atoms with van der Waals surface area (Å²) in [5.41, 5.74) is 2.05. The number of benzene rings is 1. The van der Waals surface area contributed by atoms with Crippen molar-refractivity contribution in [3.05, 3.63) is 42.0 Å². The zero-order chi connectivity index (χ0) is 21.3. The minimum Gasteiger partial charge on any atom is -0.476 e. The van der Waals surface area contributed by atoms with E-state index in [-0.39, 0.29) is 29.8 Å². The Morgan fingerprint density at radius 3 is 2.62 bits per heavy atom. The van der Waals surface area contributed by atoms with Crippen molar-refractivity contribution in [2.45, 2.75) is 52.3 Å². The first-order chi connectivity index (χ1) is 13.7. The molecular formula is C20H24N4O5. The molecule has 2 atom stereocenters. The number of aromatic carboxylic acids is 1. The summed E-state index contributed by atoms with van der Waals surface area (Å²) in [7, 11) is 0. The Bertz CT molecular complexity index is 952. The number of carbonyl (C=O) groups excluding carboxylic acids is 2. The van der Waals surface area contributed by atoms with Gasteiger partial charge in [0.15, 0.2) is 5.69 Å². The number of carboxylic acid groups (broad SMARTS) is 1. The summed E-state index contributed by atoms with van der Waals surface area (Å²) in [4.78, 5) is 41.1. The fraction of sp³-hybridized carbons (Fsp3) is 0.400. The fourth-order valence-electron chi connectivity index (χ4n) is 3.59. The molecule has 9 nitrogen and oxygen atoms in total. The number of anilines is 1. The third-order valence-corrected chi connectivity index (χ3v) is 4.74. The molecule has 0 saturated carbocycles. The minimum absolute atomic E-state index is 0.0723. The smallest absolute Gasteiger partial charge is 0.407 e. The highest BCUT2D eigenvalue weighted by atomic mass is 16.6. The number of alkyl carbamates (subject to hydrolysis) is 1. The van der Waals surface area contributed by atoms with Crippen molar-refractivity contribution in [1.29, 1.82) is 0 Å². The Morgan fingerprint density at radius 1 is 1.31 bits per heavy atom. The Labute approximate surface area is 168 Å². The predicted octanol–water partition coefficient (Wildman–Crippen LogP) is 2.89. The number of nitrogens with zero attached hydrogens (tertiary/aromatic N) is 3. The average molecular weight is 400 g/mol. The van der Waals surface area contributed by atoms with Crippen molar-refractivity contribution in [2.75, 3.05) is 4.90 Å². The number of carbonyl (C=O) groups is 3. The number of hydrogen-bond acceptors (Lipinski definition) is 5. The average Bonchev–Trinajstić information content (AvgIpc) is 3.10. The maximum atomic E-state index is 12.2. The number of aromatic nitrogens is 2. The lowest BCUT2D eigenvalue weighted by molar-refractivity contribution is -0.117. The van der Waals surface area contributed by atoms with Crippen LogP contribution in [0.15, 0.2) is 30.7 Å². The molecule has 1 aliphatic rings. The maximum Gasteiger partial charge on any atom is 0.407 e. The molecule has 1 aliphatic heterocycles. The summed E-state index contributed by atoms with van der Waals surface area (Å²) < 4.78 is 6.80. The molecular weight excluding hydrogens is 376 g/mol. The highest BCUT2D eigenvalue weighted by Crippen LogP contribution is 2.38. The third-order valence-electron chi connectivity index (χ3n) is 4.74. The number of hydrogen-bond donors (Lipinski definition) is 2. The van der Waals surface area contributed by atoms with Gasteiger partial charge in [-0.05, 0) is 45.4 Å². The summed E-state index contributed by atoms with van der Waals surface area (Å²) >= 11 is 0. The summed E-state index contributed by atoms with van der Waals surface area (Å²) in [6, 6.07) is 4.94. The van der Waals surface area contributed by atoms with Gasteiger partial charge in [-0.2, -0.15) is 0 Å². The molecule has 0 spiro atoms. The molecule has 1 aromatic heterocycles. The van der Waals surface area contributed by atoms with Crippen LogP contribution in [0.4, 0.5) is 10.5 Å². The normalized spacial score (nSPS) is 18.3. The maximum absolute atomic E-state index is 12.2. The number of rotatable bonds is 4. The van der Waals surface area contributed by atoms with Gasteiger partial charge >= 0.3 is 12.1 Å². The van der Waals surface area contributed by atoms with E-state index in [0.29, 0.717) is 17.8 Å². The van der Waals surface area contributed by atoms with Crippen LogP contribution in [0.1, 0.15) is 56.2 Å². The first kappa shape index (κ1) is 20.4. The van der Waals surface area contributed by atoms with Crippen LogP contribution in [-0.4, -0.2) is 44.8 Å². The van der Waals surface area contributed by atoms with E-state index >= 15 is 0 Å². The van der Waals surface area contributed by atoms with Crippen LogP contribution in [-0.2, 0) is 9.53 Å². The van der Waals surface area contributed by atoms with Crippen LogP contribution < -0.4 is 10.2 Å². The summed E-state index contributed by atoms with van der Waals surface area (Å²) in [6.45, 7) is 6.97. The fourth-order valence-corrected chi connectivity index (χ4v) is 3.59. The largest absolute Gasteiger partial charge is 0.476 e. The second-order valence-electron chi connectivity index (χ2n) is 7.34. The summed E-state index contributed by atoms with van der Waals surface area (Å²) in [5, 5.41) is 12.0. The lowest BCUT2D eigenvalue weighted by atomic mass is 9.91. The van der Waals surface area contributed by atoms with E-state index in [9.17, 15) is 14.4 Å². The second-order valence-corrected chi connectivity index (χ2v) is 7.34. The van der Waals surface area contributed by atoms with Crippen molar-refractivity contribution < 1.29 is 24.2 Å². The molecule has 2 N–H and O–H groups in total. The standard InChI is InChI=1S/C20H24N4O5/c1-11(2)29-20(28)22-16-7-12(3)24(13(4)25)18-6-5-14(8-15(16)18)23-9-17(19(26)27)21-10-23/h5-6,8-12,16H,7H2,1-4H3,(H,22,28)(H,26,27)/t12-,16+/m0/s1. The van der Waals surface area contributed by atoms with Gasteiger partial charge in [-0.3, -0.25) is 4.79 Å². The minimum atomic E-state index is -1.12. The van der Waals surface area contributed by atoms with Gasteiger partial charge in [0.25, 0.3) is 0 Å². The number of fused-ring (bicyclic) bond motifs is 1. The Kier molecular flexibility index (Phi) is 5.58. The summed E-state index contributed by atoms with van der Waals surface area (Å²) in [6.07, 6.45) is 2.56. The lowest BCUT2D eigenvalue weighted by Crippen LogP contribution is -2.45. The molecule has 1 aromatic carbocycles. The van der Waals surface area contributed by atoms with Crippen LogP contribution in [0.3, 0.4) is 0 Å². The van der Waals surface area contributed by atoms with Crippen LogP contribution in [0, 0.1) is 0 Å². The van der Waals surface area contributed by atoms with Crippen molar-refractivity contribution >= 4 is 23.7 Å². The van der Waals surface area contributed by atoms with Gasteiger partial charge in [0, 0.05) is 36.1 Å². The van der Waals surface area contributed by atoms with E-state index in [1.165, 1.54) is 19.4 Å². The van der Waals surface area contributed by atoms with E-state index in [1.807, 2.05) is 13.0 Å². The zero-order valence-electron chi connectivity index (χ0n) is 16.7. The lowest BCUT2D eigenvalue weighted by Gasteiger charge is -2.39. The Morgan fingerprint density at radius 2 is 2.03 bits per heavy atom. The van der Waals surface area contributed by atoms with E-state index in [4.69, 9.17) is 9.84 Å². The molecule has 2 amide bonds. The first-order valence-corrected chi connectivity index (χ1v) is 9.36. The highest BCUT2D eigenvalue weighted by molar-refractivity contribution is 5.94. The van der Waals surface area contributed by atoms with Gasteiger partial charge in [-0.15, -0.1) is 0 Å². The molecule has 154 valence electrons. The molecule has 9 heteroatoms. The van der Waals surface area contributed by atoms with Gasteiger partial charge in [0.05, 0.1) is 12.1 Å². The number of carboxylic acids is 1. The van der Waals surface area contributed by atoms with Crippen LogP contribution in [0.5, 0.6) is 0 Å². The molecule has 29 heavy (non-hydrogen) atoms. The van der Waals surface area contributed by atoms with Crippen molar-refractivity contribution in [2.24, 2.45) is 0 Å². The van der Waals surface area contributed by atoms with Crippen molar-refractivity contribution in [3.8, 4) is 5.69 Å². The van der Waals surface area contributed by atoms with E-state index in [2.05, 4.69) is 10.3 Å². The third kappa shape index (κ3) is 4.23. The van der Waals surface area contributed by atoms with Gasteiger partial charge in [0.2, 0.25) is 5.91 Å². The molecule has 0 fully saturated rings. The molecule has 0 unspecified atom stereocenters. The van der Waals surface area contributed by atoms with Crippen LogP contribution in [0.25, 0.3) is 5.69 Å². The number of ether oxygens (including phenoxy) is 1. The van der Waals surface area contributed by atoms with Gasteiger partial charge in [-0.25, -0.2) is 14.6 Å². The monoisotopic (exact) mass is 400 g/mol. The highest BCUT2D eigenvalue weighted by Gasteiger charge is 2.33. The van der Waals surface area contributed by atoms with E-state index in [0.717, 1.165) is 5.56 Å². The first-order valence-electron chi connectivity index (χ1n) is 9.36. The Balaban J connectivity index is 2.02. The molecule has 0 radical (unpaired) electrons. The summed E-state index contributed by atoms with van der Waals surface area (Å²) in [5.74, 6) is -1.21. The van der Waals surface area contributed by atoms with Gasteiger partial charge in [0.1, 0.15) is 6.33 Å². The van der Waals surface area contributed by atoms with E-state index in [1.54, 1.807) is 35.4 Å². The molecule has 0 bridgehead atoms. The number of amides is 2. The second kappa shape index (κ2) is 7.94. The quantitative estimate of drug-likeness (QED) is 0.816. The SMILES string of the molecule is CC(=O)N1c2ccc(-n3cnc(C(=O)O)c3)cc2[C@H](NC(=O)OC(C)C)C[C@@H]1C. The van der Waals surface area contributed by atoms with Crippen molar-refractivity contribution in [1.82, 2.24) is 14.9 Å². The van der Waals surface area contributed by atoms with Crippen LogP contribution in [0.2, 0.25) is 0 Å². The van der Waals surface area contributed by atoms with Crippen molar-refractivity contribution in [3.63, 3.8) is 0 Å². The van der Waals surface area contributed by atoms with Gasteiger partial charge < -0.3 is 24.6 Å². The van der Waals surface area contributed by atoms with E-state index < -0.39 is 12.1 Å². The Hall–Kier alpha value is -3.36. The zero-order valence-corrected chi connectivity index (χ0v) is 16.7. The molecule has 2 aromatic rings. The molecule has 0 saturated heterocycles.